The Morgan fingerprint density at radius 3 is 2.52 bits per heavy atom. The van der Waals surface area contributed by atoms with Crippen LogP contribution in [0.2, 0.25) is 10.0 Å². The van der Waals surface area contributed by atoms with Crippen molar-refractivity contribution in [1.82, 2.24) is 14.5 Å². The minimum atomic E-state index is -0.489. The number of benzene rings is 2. The lowest BCUT2D eigenvalue weighted by Gasteiger charge is -2.06. The molecule has 0 aliphatic carbocycles. The average Bonchev–Trinajstić information content (AvgIpc) is 3.29. The summed E-state index contributed by atoms with van der Waals surface area (Å²) in [6.07, 6.45) is 0. The predicted octanol–water partition coefficient (Wildman–Crippen LogP) is 5.87. The summed E-state index contributed by atoms with van der Waals surface area (Å²) in [5, 5.41) is 7.59. The molecule has 29 heavy (non-hydrogen) atoms. The quantitative estimate of drug-likeness (QED) is 0.422. The Morgan fingerprint density at radius 2 is 1.83 bits per heavy atom. The van der Waals surface area contributed by atoms with Gasteiger partial charge in [0.05, 0.1) is 10.0 Å². The summed E-state index contributed by atoms with van der Waals surface area (Å²) in [6.45, 7) is 1.61. The predicted molar refractivity (Wildman–Crippen MR) is 110 cm³/mol. The van der Waals surface area contributed by atoms with E-state index in [4.69, 9.17) is 27.7 Å². The minimum Gasteiger partial charge on any atom is -0.360 e. The van der Waals surface area contributed by atoms with Crippen molar-refractivity contribution in [1.29, 1.82) is 0 Å². The molecule has 0 spiro atoms. The van der Waals surface area contributed by atoms with Gasteiger partial charge in [0.1, 0.15) is 22.8 Å². The summed E-state index contributed by atoms with van der Waals surface area (Å²) in [5.41, 5.74) is 1.47. The fourth-order valence-electron chi connectivity index (χ4n) is 2.68. The number of carbonyl (C=O) groups excluding carboxylic acids is 1. The maximum atomic E-state index is 13.1. The van der Waals surface area contributed by atoms with Gasteiger partial charge in [-0.2, -0.15) is 9.36 Å². The molecule has 6 nitrogen and oxygen atoms in total. The molecule has 0 saturated carbocycles. The second-order valence-electron chi connectivity index (χ2n) is 5.94. The highest BCUT2D eigenvalue weighted by molar-refractivity contribution is 7.10. The maximum Gasteiger partial charge on any atom is 0.263 e. The van der Waals surface area contributed by atoms with E-state index in [0.717, 1.165) is 11.5 Å². The third-order valence-electron chi connectivity index (χ3n) is 4.04. The Hall–Kier alpha value is -2.81. The summed E-state index contributed by atoms with van der Waals surface area (Å²) < 4.78 is 22.5. The van der Waals surface area contributed by atoms with Crippen LogP contribution in [0.25, 0.3) is 22.6 Å². The number of hydrogen-bond donors (Lipinski definition) is 1. The normalized spacial score (nSPS) is 10.9. The average molecular weight is 449 g/mol. The molecule has 4 rings (SSSR count). The van der Waals surface area contributed by atoms with Crippen molar-refractivity contribution in [3.05, 3.63) is 69.7 Å². The summed E-state index contributed by atoms with van der Waals surface area (Å²) in [7, 11) is 0. The van der Waals surface area contributed by atoms with Crippen LogP contribution in [0.4, 0.5) is 9.52 Å². The topological polar surface area (TPSA) is 80.9 Å². The molecular weight excluding hydrogens is 438 g/mol. The van der Waals surface area contributed by atoms with E-state index >= 15 is 0 Å². The fraction of sp³-hybridized carbons (Fsp3) is 0.0526. The monoisotopic (exact) mass is 448 g/mol. The lowest BCUT2D eigenvalue weighted by Crippen LogP contribution is -2.13. The first-order chi connectivity index (χ1) is 13.9. The molecule has 2 heterocycles. The number of nitrogens with zero attached hydrogens (tertiary/aromatic N) is 3. The molecule has 0 radical (unpaired) electrons. The van der Waals surface area contributed by atoms with Crippen LogP contribution >= 0.6 is 34.7 Å². The molecule has 0 bridgehead atoms. The van der Waals surface area contributed by atoms with Crippen molar-refractivity contribution in [2.45, 2.75) is 6.92 Å². The third kappa shape index (κ3) is 3.87. The van der Waals surface area contributed by atoms with Crippen molar-refractivity contribution in [2.24, 2.45) is 0 Å². The molecule has 1 N–H and O–H groups in total. The highest BCUT2D eigenvalue weighted by Crippen LogP contribution is 2.37. The van der Waals surface area contributed by atoms with Crippen LogP contribution in [0.1, 0.15) is 16.1 Å². The molecule has 2 aromatic heterocycles. The molecule has 0 saturated heterocycles. The number of anilines is 1. The van der Waals surface area contributed by atoms with Crippen molar-refractivity contribution in [3.8, 4) is 22.6 Å². The molecular formula is C19H11Cl2FN4O2S. The van der Waals surface area contributed by atoms with Gasteiger partial charge in [0.15, 0.2) is 5.82 Å². The lowest BCUT2D eigenvalue weighted by atomic mass is 10.1. The molecule has 2 aromatic carbocycles. The second kappa shape index (κ2) is 7.90. The zero-order chi connectivity index (χ0) is 20.5. The Balaban J connectivity index is 1.64. The van der Waals surface area contributed by atoms with E-state index in [9.17, 15) is 9.18 Å². The molecule has 0 atom stereocenters. The van der Waals surface area contributed by atoms with Gasteiger partial charge in [-0.3, -0.25) is 10.1 Å². The van der Waals surface area contributed by atoms with E-state index in [1.807, 2.05) is 0 Å². The number of carbonyl (C=O) groups is 1. The van der Waals surface area contributed by atoms with Crippen LogP contribution in [0.5, 0.6) is 0 Å². The zero-order valence-electron chi connectivity index (χ0n) is 14.7. The third-order valence-corrected chi connectivity index (χ3v) is 5.30. The van der Waals surface area contributed by atoms with E-state index < -0.39 is 5.91 Å². The maximum absolute atomic E-state index is 13.1. The van der Waals surface area contributed by atoms with Crippen LogP contribution in [-0.2, 0) is 0 Å². The van der Waals surface area contributed by atoms with Gasteiger partial charge < -0.3 is 4.52 Å². The molecule has 0 aliphatic rings. The van der Waals surface area contributed by atoms with Crippen molar-refractivity contribution in [3.63, 3.8) is 0 Å². The number of rotatable bonds is 4. The van der Waals surface area contributed by atoms with Crippen LogP contribution in [-0.4, -0.2) is 20.4 Å². The Labute approximate surface area is 178 Å². The van der Waals surface area contributed by atoms with Crippen LogP contribution < -0.4 is 5.32 Å². The van der Waals surface area contributed by atoms with Gasteiger partial charge in [0, 0.05) is 22.7 Å². The molecule has 0 fully saturated rings. The van der Waals surface area contributed by atoms with Crippen molar-refractivity contribution < 1.29 is 13.7 Å². The molecule has 10 heteroatoms. The number of hydrogen-bond acceptors (Lipinski definition) is 6. The van der Waals surface area contributed by atoms with Gasteiger partial charge in [-0.1, -0.05) is 34.4 Å². The first-order valence-electron chi connectivity index (χ1n) is 8.25. The van der Waals surface area contributed by atoms with Crippen LogP contribution in [0.15, 0.2) is 47.0 Å². The Morgan fingerprint density at radius 1 is 1.14 bits per heavy atom. The largest absolute Gasteiger partial charge is 0.360 e. The van der Waals surface area contributed by atoms with Crippen molar-refractivity contribution in [2.75, 3.05) is 5.32 Å². The van der Waals surface area contributed by atoms with Gasteiger partial charge >= 0.3 is 0 Å². The van der Waals surface area contributed by atoms with Gasteiger partial charge in [-0.15, -0.1) is 0 Å². The SMILES string of the molecule is Cc1onc(-c2c(Cl)cccc2Cl)c1C(=O)Nc1nc(-c2ccc(F)cc2)ns1. The number of amides is 1. The van der Waals surface area contributed by atoms with Gasteiger partial charge in [-0.05, 0) is 43.3 Å². The highest BCUT2D eigenvalue weighted by Gasteiger charge is 2.25. The van der Waals surface area contributed by atoms with Crippen LogP contribution in [0, 0.1) is 12.7 Å². The Kier molecular flexibility index (Phi) is 5.31. The summed E-state index contributed by atoms with van der Waals surface area (Å²) in [4.78, 5) is 17.2. The molecule has 0 aliphatic heterocycles. The molecule has 1 amide bonds. The van der Waals surface area contributed by atoms with Crippen molar-refractivity contribution >= 4 is 45.8 Å². The number of aryl methyl sites for hydroxylation is 1. The van der Waals surface area contributed by atoms with E-state index in [2.05, 4.69) is 19.8 Å². The first kappa shape index (κ1) is 19.5. The lowest BCUT2D eigenvalue weighted by molar-refractivity contribution is 0.102. The zero-order valence-corrected chi connectivity index (χ0v) is 17.1. The van der Waals surface area contributed by atoms with Crippen LogP contribution in [0.3, 0.4) is 0 Å². The molecule has 4 aromatic rings. The van der Waals surface area contributed by atoms with E-state index in [-0.39, 0.29) is 22.2 Å². The standard InChI is InChI=1S/C19H11Cl2FN4O2S/c1-9-14(16(25-28-9)15-12(20)3-2-4-13(15)21)18(27)24-19-23-17(26-29-19)10-5-7-11(22)8-6-10/h2-8H,1H3,(H,23,24,26,27). The second-order valence-corrected chi connectivity index (χ2v) is 7.51. The smallest absolute Gasteiger partial charge is 0.263 e. The van der Waals surface area contributed by atoms with Gasteiger partial charge in [-0.25, -0.2) is 4.39 Å². The molecule has 0 unspecified atom stereocenters. The number of aromatic nitrogens is 3. The number of nitrogens with one attached hydrogen (secondary N) is 1. The van der Waals surface area contributed by atoms with Gasteiger partial charge in [0.2, 0.25) is 5.13 Å². The minimum absolute atomic E-state index is 0.193. The number of halogens is 3. The summed E-state index contributed by atoms with van der Waals surface area (Å²) >= 11 is 13.5. The first-order valence-corrected chi connectivity index (χ1v) is 9.78. The Bertz CT molecular complexity index is 1190. The summed E-state index contributed by atoms with van der Waals surface area (Å²) in [6, 6.07) is 10.7. The summed E-state index contributed by atoms with van der Waals surface area (Å²) in [5.74, 6) is -0.166. The highest BCUT2D eigenvalue weighted by atomic mass is 35.5. The molecule has 146 valence electrons. The fourth-order valence-corrected chi connectivity index (χ4v) is 3.85. The van der Waals surface area contributed by atoms with Gasteiger partial charge in [0.25, 0.3) is 5.91 Å². The van der Waals surface area contributed by atoms with E-state index in [1.165, 1.54) is 12.1 Å². The van der Waals surface area contributed by atoms with E-state index in [0.29, 0.717) is 32.8 Å². The van der Waals surface area contributed by atoms with E-state index in [1.54, 1.807) is 37.3 Å².